The molecule has 0 unspecified atom stereocenters. The van der Waals surface area contributed by atoms with E-state index in [1.807, 2.05) is 31.2 Å². The van der Waals surface area contributed by atoms with Crippen LogP contribution in [0.25, 0.3) is 5.69 Å². The lowest BCUT2D eigenvalue weighted by Gasteiger charge is -2.04. The fourth-order valence-corrected chi connectivity index (χ4v) is 1.88. The highest BCUT2D eigenvalue weighted by Crippen LogP contribution is 2.15. The molecule has 19 heavy (non-hydrogen) atoms. The van der Waals surface area contributed by atoms with E-state index in [-0.39, 0.29) is 5.91 Å². The molecule has 0 aliphatic rings. The first-order valence-electron chi connectivity index (χ1n) is 5.71. The van der Waals surface area contributed by atoms with Gasteiger partial charge in [0, 0.05) is 11.0 Å². The predicted octanol–water partition coefficient (Wildman–Crippen LogP) is 2.25. The first-order chi connectivity index (χ1) is 9.13. The van der Waals surface area contributed by atoms with Crippen LogP contribution in [0.5, 0.6) is 0 Å². The van der Waals surface area contributed by atoms with Crippen LogP contribution in [0.15, 0.2) is 41.4 Å². The number of nitrogens with one attached hydrogen (secondary N) is 1. The van der Waals surface area contributed by atoms with E-state index in [1.54, 1.807) is 10.8 Å². The minimum Gasteiger partial charge on any atom is -0.347 e. The van der Waals surface area contributed by atoms with Crippen LogP contribution < -0.4 is 5.32 Å². The van der Waals surface area contributed by atoms with Crippen molar-refractivity contribution in [2.75, 3.05) is 6.54 Å². The van der Waals surface area contributed by atoms with Crippen molar-refractivity contribution < 1.29 is 4.79 Å². The van der Waals surface area contributed by atoms with E-state index >= 15 is 0 Å². The third-order valence-electron chi connectivity index (χ3n) is 2.59. The molecule has 0 saturated carbocycles. The molecule has 1 aromatic heterocycles. The molecule has 2 aromatic rings. The van der Waals surface area contributed by atoms with Crippen LogP contribution in [0.4, 0.5) is 0 Å². The van der Waals surface area contributed by atoms with Crippen molar-refractivity contribution in [2.45, 2.75) is 6.92 Å². The lowest BCUT2D eigenvalue weighted by molar-refractivity contribution is 0.0952. The third-order valence-corrected chi connectivity index (χ3v) is 3.12. The van der Waals surface area contributed by atoms with Gasteiger partial charge in [-0.25, -0.2) is 4.68 Å². The Balaban J connectivity index is 2.30. The van der Waals surface area contributed by atoms with Gasteiger partial charge in [0.05, 0.1) is 11.4 Å². The van der Waals surface area contributed by atoms with E-state index in [4.69, 9.17) is 0 Å². The summed E-state index contributed by atoms with van der Waals surface area (Å²) in [6.07, 6.45) is 1.62. The lowest BCUT2D eigenvalue weighted by atomic mass is 10.3. The molecule has 5 nitrogen and oxygen atoms in total. The van der Waals surface area contributed by atoms with Crippen LogP contribution >= 0.6 is 15.9 Å². The average molecular weight is 321 g/mol. The maximum Gasteiger partial charge on any atom is 0.274 e. The van der Waals surface area contributed by atoms with E-state index in [0.717, 1.165) is 10.2 Å². The average Bonchev–Trinajstić information content (AvgIpc) is 2.79. The number of amides is 1. The Morgan fingerprint density at radius 1 is 1.47 bits per heavy atom. The Hall–Kier alpha value is -1.95. The van der Waals surface area contributed by atoms with Gasteiger partial charge in [-0.15, -0.1) is 11.7 Å². The molecule has 98 valence electrons. The first-order valence-corrected chi connectivity index (χ1v) is 6.50. The molecule has 0 bridgehead atoms. The second-order valence-electron chi connectivity index (χ2n) is 3.91. The summed E-state index contributed by atoms with van der Waals surface area (Å²) in [5.41, 5.74) is 1.88. The molecule has 0 aliphatic carbocycles. The van der Waals surface area contributed by atoms with E-state index < -0.39 is 0 Å². The SMILES string of the molecule is C=CCNC(=O)c1nnn(-c2ccc(Br)cc2)c1C. The largest absolute Gasteiger partial charge is 0.347 e. The number of benzene rings is 1. The van der Waals surface area contributed by atoms with E-state index in [9.17, 15) is 4.79 Å². The van der Waals surface area contributed by atoms with Gasteiger partial charge in [-0.3, -0.25) is 4.79 Å². The summed E-state index contributed by atoms with van der Waals surface area (Å²) in [6, 6.07) is 7.62. The molecule has 0 fully saturated rings. The van der Waals surface area contributed by atoms with Crippen molar-refractivity contribution in [3.8, 4) is 5.69 Å². The molecule has 0 atom stereocenters. The summed E-state index contributed by atoms with van der Waals surface area (Å²) in [4.78, 5) is 11.8. The number of hydrogen-bond acceptors (Lipinski definition) is 3. The number of halogens is 1. The van der Waals surface area contributed by atoms with Crippen molar-refractivity contribution in [1.29, 1.82) is 0 Å². The van der Waals surface area contributed by atoms with Gasteiger partial charge < -0.3 is 5.32 Å². The maximum absolute atomic E-state index is 11.8. The molecule has 0 saturated heterocycles. The van der Waals surface area contributed by atoms with Crippen molar-refractivity contribution in [1.82, 2.24) is 20.3 Å². The molecular weight excluding hydrogens is 308 g/mol. The molecule has 1 amide bonds. The Bertz CT molecular complexity index is 604. The van der Waals surface area contributed by atoms with Crippen molar-refractivity contribution in [3.63, 3.8) is 0 Å². The van der Waals surface area contributed by atoms with Crippen LogP contribution in [0, 0.1) is 6.92 Å². The van der Waals surface area contributed by atoms with Crippen LogP contribution in [0.2, 0.25) is 0 Å². The standard InChI is InChI=1S/C13H13BrN4O/c1-3-8-15-13(19)12-9(2)18(17-16-12)11-6-4-10(14)5-7-11/h3-7H,1,8H2,2H3,(H,15,19). The van der Waals surface area contributed by atoms with Gasteiger partial charge in [-0.05, 0) is 31.2 Å². The van der Waals surface area contributed by atoms with Crippen LogP contribution in [-0.2, 0) is 0 Å². The summed E-state index contributed by atoms with van der Waals surface area (Å²) >= 11 is 3.37. The number of nitrogens with zero attached hydrogens (tertiary/aromatic N) is 3. The van der Waals surface area contributed by atoms with E-state index in [0.29, 0.717) is 17.9 Å². The zero-order valence-electron chi connectivity index (χ0n) is 10.4. The second-order valence-corrected chi connectivity index (χ2v) is 4.83. The number of aromatic nitrogens is 3. The van der Waals surface area contributed by atoms with Crippen molar-refractivity contribution in [3.05, 3.63) is 52.8 Å². The molecule has 1 aromatic carbocycles. The Kier molecular flexibility index (Phi) is 4.11. The lowest BCUT2D eigenvalue weighted by Crippen LogP contribution is -2.24. The van der Waals surface area contributed by atoms with Crippen LogP contribution in [0.1, 0.15) is 16.2 Å². The molecule has 0 aliphatic heterocycles. The molecule has 1 N–H and O–H groups in total. The predicted molar refractivity (Wildman–Crippen MR) is 76.3 cm³/mol. The number of carbonyl (C=O) groups excluding carboxylic acids is 1. The minimum atomic E-state index is -0.249. The van der Waals surface area contributed by atoms with Gasteiger partial charge >= 0.3 is 0 Å². The number of hydrogen-bond donors (Lipinski definition) is 1. The zero-order chi connectivity index (χ0) is 13.8. The molecular formula is C13H13BrN4O. The van der Waals surface area contributed by atoms with Gasteiger partial charge in [0.1, 0.15) is 0 Å². The summed E-state index contributed by atoms with van der Waals surface area (Å²) in [5, 5.41) is 10.6. The van der Waals surface area contributed by atoms with Crippen LogP contribution in [0.3, 0.4) is 0 Å². The summed E-state index contributed by atoms with van der Waals surface area (Å²) in [6.45, 7) is 5.77. The molecule has 0 radical (unpaired) electrons. The third kappa shape index (κ3) is 2.90. The van der Waals surface area contributed by atoms with Gasteiger partial charge in [-0.1, -0.05) is 27.2 Å². The van der Waals surface area contributed by atoms with E-state index in [1.165, 1.54) is 0 Å². The highest BCUT2D eigenvalue weighted by Gasteiger charge is 2.16. The molecule has 1 heterocycles. The number of carbonyl (C=O) groups is 1. The Labute approximate surface area is 119 Å². The zero-order valence-corrected chi connectivity index (χ0v) is 12.0. The monoisotopic (exact) mass is 320 g/mol. The summed E-state index contributed by atoms with van der Waals surface area (Å²) < 4.78 is 2.62. The topological polar surface area (TPSA) is 59.8 Å². The minimum absolute atomic E-state index is 0.249. The highest BCUT2D eigenvalue weighted by molar-refractivity contribution is 9.10. The van der Waals surface area contributed by atoms with E-state index in [2.05, 4.69) is 38.1 Å². The fourth-order valence-electron chi connectivity index (χ4n) is 1.62. The summed E-state index contributed by atoms with van der Waals surface area (Å²) in [7, 11) is 0. The quantitative estimate of drug-likeness (QED) is 0.879. The van der Waals surface area contributed by atoms with Crippen LogP contribution in [-0.4, -0.2) is 27.4 Å². The maximum atomic E-state index is 11.8. The second kappa shape index (κ2) is 5.79. The first kappa shape index (κ1) is 13.5. The van der Waals surface area contributed by atoms with Gasteiger partial charge in [-0.2, -0.15) is 0 Å². The highest BCUT2D eigenvalue weighted by atomic mass is 79.9. The van der Waals surface area contributed by atoms with Gasteiger partial charge in [0.15, 0.2) is 5.69 Å². The summed E-state index contributed by atoms with van der Waals surface area (Å²) in [5.74, 6) is -0.249. The van der Waals surface area contributed by atoms with Gasteiger partial charge in [0.2, 0.25) is 0 Å². The van der Waals surface area contributed by atoms with Crippen molar-refractivity contribution in [2.24, 2.45) is 0 Å². The Morgan fingerprint density at radius 3 is 2.79 bits per heavy atom. The number of rotatable bonds is 4. The fraction of sp³-hybridized carbons (Fsp3) is 0.154. The Morgan fingerprint density at radius 2 is 2.16 bits per heavy atom. The normalized spacial score (nSPS) is 10.2. The molecule has 0 spiro atoms. The molecule has 6 heteroatoms. The van der Waals surface area contributed by atoms with Gasteiger partial charge in [0.25, 0.3) is 5.91 Å². The smallest absolute Gasteiger partial charge is 0.274 e. The molecule has 2 rings (SSSR count). The van der Waals surface area contributed by atoms with Crippen molar-refractivity contribution >= 4 is 21.8 Å².